The van der Waals surface area contributed by atoms with Crippen LogP contribution in [0.3, 0.4) is 0 Å². The van der Waals surface area contributed by atoms with Crippen LogP contribution in [0.4, 0.5) is 0 Å². The van der Waals surface area contributed by atoms with Crippen molar-refractivity contribution in [3.05, 3.63) is 52.4 Å². The molecule has 1 rings (SSSR count). The lowest BCUT2D eigenvalue weighted by Crippen LogP contribution is -1.73. The van der Waals surface area contributed by atoms with Gasteiger partial charge in [-0.25, -0.2) is 0 Å². The first-order chi connectivity index (χ1) is 6.43. The maximum absolute atomic E-state index is 8.02. The lowest BCUT2D eigenvalue weighted by atomic mass is 10.2. The molecule has 0 saturated heterocycles. The molecule has 0 amide bonds. The zero-order valence-corrected chi connectivity index (χ0v) is 7.30. The van der Waals surface area contributed by atoms with Gasteiger partial charge in [0.2, 0.25) is 0 Å². The van der Waals surface area contributed by atoms with E-state index in [0.717, 1.165) is 6.42 Å². The van der Waals surface area contributed by atoms with Gasteiger partial charge in [-0.1, -0.05) is 47.6 Å². The van der Waals surface area contributed by atoms with Gasteiger partial charge in [0.05, 0.1) is 0 Å². The SMILES string of the molecule is [N-]=[N+]=NCC/C=C/c1ccccc1. The second kappa shape index (κ2) is 5.86. The number of hydrogen-bond acceptors (Lipinski definition) is 1. The van der Waals surface area contributed by atoms with Gasteiger partial charge in [-0.15, -0.1) is 0 Å². The molecule has 1 aromatic carbocycles. The summed E-state index contributed by atoms with van der Waals surface area (Å²) in [4.78, 5) is 2.67. The molecule has 3 nitrogen and oxygen atoms in total. The van der Waals surface area contributed by atoms with Crippen LogP contribution in [0, 0.1) is 0 Å². The van der Waals surface area contributed by atoms with Gasteiger partial charge < -0.3 is 0 Å². The molecule has 3 heteroatoms. The Morgan fingerprint density at radius 3 is 2.77 bits per heavy atom. The Morgan fingerprint density at radius 1 is 1.31 bits per heavy atom. The van der Waals surface area contributed by atoms with Crippen molar-refractivity contribution in [2.45, 2.75) is 6.42 Å². The topological polar surface area (TPSA) is 48.8 Å². The van der Waals surface area contributed by atoms with Crippen molar-refractivity contribution >= 4 is 6.08 Å². The largest absolute Gasteiger partial charge is 0.0937 e. The summed E-state index contributed by atoms with van der Waals surface area (Å²) in [6.45, 7) is 0.528. The summed E-state index contributed by atoms with van der Waals surface area (Å²) in [5.41, 5.74) is 9.19. The maximum Gasteiger partial charge on any atom is 0.0292 e. The minimum atomic E-state index is 0.528. The first-order valence-corrected chi connectivity index (χ1v) is 4.16. The van der Waals surface area contributed by atoms with Crippen LogP contribution in [0.15, 0.2) is 41.5 Å². The Kier molecular flexibility index (Phi) is 4.22. The molecule has 0 bridgehead atoms. The molecule has 0 unspecified atom stereocenters. The van der Waals surface area contributed by atoms with Crippen LogP contribution in [0.2, 0.25) is 0 Å². The molecule has 0 spiro atoms. The summed E-state index contributed by atoms with van der Waals surface area (Å²) in [6, 6.07) is 10.0. The van der Waals surface area contributed by atoms with E-state index < -0.39 is 0 Å². The van der Waals surface area contributed by atoms with Gasteiger partial charge in [0.1, 0.15) is 0 Å². The van der Waals surface area contributed by atoms with Crippen LogP contribution in [0.5, 0.6) is 0 Å². The van der Waals surface area contributed by atoms with Gasteiger partial charge >= 0.3 is 0 Å². The summed E-state index contributed by atoms with van der Waals surface area (Å²) < 4.78 is 0. The second-order valence-electron chi connectivity index (χ2n) is 2.56. The fraction of sp³-hybridized carbons (Fsp3) is 0.200. The summed E-state index contributed by atoms with van der Waals surface area (Å²) in [6.07, 6.45) is 4.82. The first-order valence-electron chi connectivity index (χ1n) is 4.16. The number of rotatable bonds is 4. The molecule has 0 N–H and O–H groups in total. The first kappa shape index (κ1) is 9.36. The third-order valence-electron chi connectivity index (χ3n) is 1.57. The molecule has 0 heterocycles. The van der Waals surface area contributed by atoms with E-state index in [1.54, 1.807) is 0 Å². The van der Waals surface area contributed by atoms with E-state index in [1.807, 2.05) is 42.5 Å². The summed E-state index contributed by atoms with van der Waals surface area (Å²) >= 11 is 0. The van der Waals surface area contributed by atoms with Crippen molar-refractivity contribution in [1.82, 2.24) is 0 Å². The Labute approximate surface area is 77.3 Å². The van der Waals surface area contributed by atoms with Crippen molar-refractivity contribution < 1.29 is 0 Å². The highest BCUT2D eigenvalue weighted by Gasteiger charge is 1.81. The van der Waals surface area contributed by atoms with Crippen LogP contribution in [-0.4, -0.2) is 6.54 Å². The zero-order valence-electron chi connectivity index (χ0n) is 7.30. The Bertz CT molecular complexity index is 310. The average Bonchev–Trinajstić information content (AvgIpc) is 2.19. The fourth-order valence-corrected chi connectivity index (χ4v) is 0.961. The Balaban J connectivity index is 2.36. The monoisotopic (exact) mass is 173 g/mol. The number of benzene rings is 1. The maximum atomic E-state index is 8.02. The minimum absolute atomic E-state index is 0.528. The molecule has 1 aromatic rings. The van der Waals surface area contributed by atoms with Crippen molar-refractivity contribution in [2.24, 2.45) is 5.11 Å². The molecule has 0 atom stereocenters. The summed E-state index contributed by atoms with van der Waals surface area (Å²) in [5.74, 6) is 0. The highest BCUT2D eigenvalue weighted by atomic mass is 15.1. The fourth-order valence-electron chi connectivity index (χ4n) is 0.961. The average molecular weight is 173 g/mol. The molecule has 0 aliphatic carbocycles. The van der Waals surface area contributed by atoms with E-state index in [4.69, 9.17) is 5.53 Å². The molecule has 0 aliphatic rings. The number of azide groups is 1. The van der Waals surface area contributed by atoms with E-state index >= 15 is 0 Å². The molecule has 66 valence electrons. The second-order valence-corrected chi connectivity index (χ2v) is 2.56. The Morgan fingerprint density at radius 2 is 2.08 bits per heavy atom. The van der Waals surface area contributed by atoms with E-state index in [0.29, 0.717) is 6.54 Å². The van der Waals surface area contributed by atoms with Gasteiger partial charge in [0, 0.05) is 11.5 Å². The smallest absolute Gasteiger partial charge is 0.0292 e. The van der Waals surface area contributed by atoms with Crippen LogP contribution in [0.25, 0.3) is 16.5 Å². The lowest BCUT2D eigenvalue weighted by Gasteiger charge is -1.89. The standard InChI is InChI=1S/C10H11N3/c11-13-12-9-5-4-8-10-6-2-1-3-7-10/h1-4,6-8H,5,9H2/b8-4+. The third kappa shape index (κ3) is 3.99. The highest BCUT2D eigenvalue weighted by Crippen LogP contribution is 2.01. The lowest BCUT2D eigenvalue weighted by molar-refractivity contribution is 0.996. The van der Waals surface area contributed by atoms with Gasteiger partial charge in [0.15, 0.2) is 0 Å². The van der Waals surface area contributed by atoms with Gasteiger partial charge in [-0.05, 0) is 17.5 Å². The zero-order chi connectivity index (χ0) is 9.36. The molecule has 13 heavy (non-hydrogen) atoms. The molecule has 0 radical (unpaired) electrons. The van der Waals surface area contributed by atoms with Crippen molar-refractivity contribution in [2.75, 3.05) is 6.54 Å². The predicted octanol–water partition coefficient (Wildman–Crippen LogP) is 3.40. The number of hydrogen-bond donors (Lipinski definition) is 0. The van der Waals surface area contributed by atoms with Crippen LogP contribution in [-0.2, 0) is 0 Å². The third-order valence-corrected chi connectivity index (χ3v) is 1.57. The minimum Gasteiger partial charge on any atom is -0.0937 e. The normalized spacial score (nSPS) is 9.85. The van der Waals surface area contributed by atoms with Gasteiger partial charge in [-0.2, -0.15) is 0 Å². The Hall–Kier alpha value is -1.73. The van der Waals surface area contributed by atoms with Crippen molar-refractivity contribution in [3.63, 3.8) is 0 Å². The molecule has 0 saturated carbocycles. The quantitative estimate of drug-likeness (QED) is 0.290. The van der Waals surface area contributed by atoms with Crippen LogP contribution in [0.1, 0.15) is 12.0 Å². The van der Waals surface area contributed by atoms with Gasteiger partial charge in [-0.3, -0.25) is 0 Å². The molecular formula is C10H11N3. The van der Waals surface area contributed by atoms with Gasteiger partial charge in [0.25, 0.3) is 0 Å². The van der Waals surface area contributed by atoms with E-state index in [2.05, 4.69) is 10.0 Å². The van der Waals surface area contributed by atoms with E-state index in [-0.39, 0.29) is 0 Å². The predicted molar refractivity (Wildman–Crippen MR) is 54.1 cm³/mol. The number of nitrogens with zero attached hydrogens (tertiary/aromatic N) is 3. The molecular weight excluding hydrogens is 162 g/mol. The van der Waals surface area contributed by atoms with E-state index in [1.165, 1.54) is 5.56 Å². The summed E-state index contributed by atoms with van der Waals surface area (Å²) in [5, 5.41) is 3.43. The van der Waals surface area contributed by atoms with Crippen molar-refractivity contribution in [1.29, 1.82) is 0 Å². The summed E-state index contributed by atoms with van der Waals surface area (Å²) in [7, 11) is 0. The highest BCUT2D eigenvalue weighted by molar-refractivity contribution is 5.48. The van der Waals surface area contributed by atoms with E-state index in [9.17, 15) is 0 Å². The molecule has 0 fully saturated rings. The van der Waals surface area contributed by atoms with Crippen LogP contribution >= 0.6 is 0 Å². The van der Waals surface area contributed by atoms with Crippen LogP contribution < -0.4 is 0 Å². The molecule has 0 aromatic heterocycles. The molecule has 0 aliphatic heterocycles. The van der Waals surface area contributed by atoms with Crippen molar-refractivity contribution in [3.8, 4) is 0 Å².